The van der Waals surface area contributed by atoms with E-state index in [4.69, 9.17) is 0 Å². The largest absolute Gasteiger partial charge is 0.323 e. The van der Waals surface area contributed by atoms with E-state index in [1.165, 1.54) is 18.2 Å². The normalized spacial score (nSPS) is 16.1. The average Bonchev–Trinajstić information content (AvgIpc) is 2.42. The minimum Gasteiger partial charge on any atom is -0.323 e. The van der Waals surface area contributed by atoms with Gasteiger partial charge in [-0.3, -0.25) is 4.79 Å². The second-order valence-corrected chi connectivity index (χ2v) is 5.35. The van der Waals surface area contributed by atoms with Gasteiger partial charge in [0.2, 0.25) is 5.91 Å². The summed E-state index contributed by atoms with van der Waals surface area (Å²) in [5, 5.41) is 2.60. The summed E-state index contributed by atoms with van der Waals surface area (Å²) in [5.74, 6) is -1.22. The number of carbonyl (C=O) groups excluding carboxylic acids is 1. The van der Waals surface area contributed by atoms with Crippen LogP contribution in [0.2, 0.25) is 0 Å². The first-order valence-corrected chi connectivity index (χ1v) is 6.94. The van der Waals surface area contributed by atoms with E-state index in [2.05, 4.69) is 5.32 Å². The predicted octanol–water partition coefficient (Wildman–Crippen LogP) is 4.03. The van der Waals surface area contributed by atoms with E-state index in [-0.39, 0.29) is 17.4 Å². The molecule has 3 rings (SSSR count). The molecule has 1 aliphatic rings. The highest BCUT2D eigenvalue weighted by molar-refractivity contribution is 6.00. The maximum Gasteiger partial charge on any atom is 0.235 e. The topological polar surface area (TPSA) is 29.1 Å². The van der Waals surface area contributed by atoms with Crippen molar-refractivity contribution in [2.24, 2.45) is 0 Å². The number of anilines is 1. The summed E-state index contributed by atoms with van der Waals surface area (Å²) in [6.45, 7) is 0. The monoisotopic (exact) mass is 287 g/mol. The van der Waals surface area contributed by atoms with E-state index in [1.807, 2.05) is 0 Å². The number of amides is 1. The van der Waals surface area contributed by atoms with Gasteiger partial charge in [-0.15, -0.1) is 0 Å². The first-order chi connectivity index (χ1) is 10.1. The lowest BCUT2D eigenvalue weighted by atomic mass is 9.63. The van der Waals surface area contributed by atoms with Crippen LogP contribution in [0.15, 0.2) is 48.5 Å². The van der Waals surface area contributed by atoms with Gasteiger partial charge in [0.05, 0.1) is 11.1 Å². The van der Waals surface area contributed by atoms with Gasteiger partial charge in [0.1, 0.15) is 11.6 Å². The van der Waals surface area contributed by atoms with E-state index >= 15 is 0 Å². The van der Waals surface area contributed by atoms with Crippen LogP contribution in [-0.2, 0) is 10.2 Å². The van der Waals surface area contributed by atoms with E-state index in [9.17, 15) is 13.6 Å². The van der Waals surface area contributed by atoms with Crippen molar-refractivity contribution in [2.45, 2.75) is 24.7 Å². The molecule has 2 aromatic carbocycles. The molecule has 0 spiro atoms. The third kappa shape index (κ3) is 2.31. The fourth-order valence-corrected chi connectivity index (χ4v) is 2.80. The number of para-hydroxylation sites is 1. The van der Waals surface area contributed by atoms with Gasteiger partial charge < -0.3 is 5.32 Å². The van der Waals surface area contributed by atoms with Crippen LogP contribution in [0, 0.1) is 11.6 Å². The van der Waals surface area contributed by atoms with Gasteiger partial charge in [-0.1, -0.05) is 36.8 Å². The molecule has 21 heavy (non-hydrogen) atoms. The molecule has 0 atom stereocenters. The van der Waals surface area contributed by atoms with Gasteiger partial charge in [-0.25, -0.2) is 8.78 Å². The lowest BCUT2D eigenvalue weighted by molar-refractivity contribution is -0.124. The van der Waals surface area contributed by atoms with Crippen LogP contribution < -0.4 is 5.32 Å². The molecular weight excluding hydrogens is 272 g/mol. The molecule has 0 radical (unpaired) electrons. The highest BCUT2D eigenvalue weighted by Crippen LogP contribution is 2.45. The molecule has 0 aromatic heterocycles. The Morgan fingerprint density at radius 1 is 0.952 bits per heavy atom. The van der Waals surface area contributed by atoms with Gasteiger partial charge in [0, 0.05) is 5.56 Å². The molecule has 1 saturated carbocycles. The van der Waals surface area contributed by atoms with E-state index in [0.29, 0.717) is 18.4 Å². The van der Waals surface area contributed by atoms with Crippen molar-refractivity contribution in [1.29, 1.82) is 0 Å². The number of carbonyl (C=O) groups is 1. The fraction of sp³-hybridized carbons (Fsp3) is 0.235. The molecule has 0 unspecified atom stereocenters. The zero-order valence-corrected chi connectivity index (χ0v) is 11.4. The molecule has 2 nitrogen and oxygen atoms in total. The zero-order valence-electron chi connectivity index (χ0n) is 11.4. The van der Waals surface area contributed by atoms with Crippen molar-refractivity contribution >= 4 is 11.6 Å². The van der Waals surface area contributed by atoms with Crippen molar-refractivity contribution in [2.75, 3.05) is 5.32 Å². The zero-order chi connectivity index (χ0) is 14.9. The van der Waals surface area contributed by atoms with Crippen LogP contribution in [0.4, 0.5) is 14.5 Å². The van der Waals surface area contributed by atoms with E-state index in [1.54, 1.807) is 30.3 Å². The highest BCUT2D eigenvalue weighted by Gasteiger charge is 2.47. The number of nitrogens with one attached hydrogen (secondary N) is 1. The van der Waals surface area contributed by atoms with Crippen LogP contribution >= 0.6 is 0 Å². The molecule has 1 aliphatic carbocycles. The molecule has 4 heteroatoms. The molecule has 0 saturated heterocycles. The van der Waals surface area contributed by atoms with Crippen molar-refractivity contribution in [3.63, 3.8) is 0 Å². The summed E-state index contributed by atoms with van der Waals surface area (Å²) in [6.07, 6.45) is 2.02. The van der Waals surface area contributed by atoms with E-state index < -0.39 is 11.2 Å². The van der Waals surface area contributed by atoms with Crippen LogP contribution in [0.3, 0.4) is 0 Å². The fourth-order valence-electron chi connectivity index (χ4n) is 2.80. The summed E-state index contributed by atoms with van der Waals surface area (Å²) in [7, 11) is 0. The van der Waals surface area contributed by atoms with Crippen molar-refractivity contribution in [1.82, 2.24) is 0 Å². The predicted molar refractivity (Wildman–Crippen MR) is 77.0 cm³/mol. The molecule has 1 N–H and O–H groups in total. The molecule has 1 fully saturated rings. The SMILES string of the molecule is O=C(Nc1ccccc1F)C1(c2ccccc2F)CCC1. The molecule has 2 aromatic rings. The summed E-state index contributed by atoms with van der Waals surface area (Å²) in [5.41, 5.74) is -0.358. The molecular formula is C17H15F2NO. The minimum absolute atomic E-state index is 0.130. The summed E-state index contributed by atoms with van der Waals surface area (Å²) < 4.78 is 27.7. The Morgan fingerprint density at radius 3 is 2.14 bits per heavy atom. The third-order valence-electron chi connectivity index (χ3n) is 4.15. The second-order valence-electron chi connectivity index (χ2n) is 5.35. The third-order valence-corrected chi connectivity index (χ3v) is 4.15. The Balaban J connectivity index is 1.92. The number of hydrogen-bond donors (Lipinski definition) is 1. The number of hydrogen-bond acceptors (Lipinski definition) is 1. The Kier molecular flexibility index (Phi) is 3.45. The maximum absolute atomic E-state index is 14.0. The van der Waals surface area contributed by atoms with Gasteiger partial charge >= 0.3 is 0 Å². The first-order valence-electron chi connectivity index (χ1n) is 6.94. The lowest BCUT2D eigenvalue weighted by Crippen LogP contribution is -2.46. The molecule has 0 heterocycles. The lowest BCUT2D eigenvalue weighted by Gasteiger charge is -2.40. The van der Waals surface area contributed by atoms with Crippen LogP contribution in [-0.4, -0.2) is 5.91 Å². The smallest absolute Gasteiger partial charge is 0.235 e. The van der Waals surface area contributed by atoms with Crippen molar-refractivity contribution < 1.29 is 13.6 Å². The standard InChI is InChI=1S/C17H15F2NO/c18-13-7-2-1-6-12(13)17(10-5-11-17)16(21)20-15-9-4-3-8-14(15)19/h1-4,6-9H,5,10-11H2,(H,20,21). The summed E-state index contributed by atoms with van der Waals surface area (Å²) in [4.78, 5) is 12.6. The Hall–Kier alpha value is -2.23. The van der Waals surface area contributed by atoms with Gasteiger partial charge in [0.15, 0.2) is 0 Å². The van der Waals surface area contributed by atoms with Gasteiger partial charge in [-0.05, 0) is 31.0 Å². The second kappa shape index (κ2) is 5.28. The Bertz CT molecular complexity index is 680. The van der Waals surface area contributed by atoms with Crippen molar-refractivity contribution in [3.05, 3.63) is 65.7 Å². The molecule has 108 valence electrons. The Labute approximate surface area is 121 Å². The molecule has 0 aliphatic heterocycles. The summed E-state index contributed by atoms with van der Waals surface area (Å²) >= 11 is 0. The molecule has 1 amide bonds. The quantitative estimate of drug-likeness (QED) is 0.907. The molecule has 0 bridgehead atoms. The highest BCUT2D eigenvalue weighted by atomic mass is 19.1. The van der Waals surface area contributed by atoms with Crippen LogP contribution in [0.25, 0.3) is 0 Å². The maximum atomic E-state index is 14.0. The van der Waals surface area contributed by atoms with Gasteiger partial charge in [0.25, 0.3) is 0 Å². The average molecular weight is 287 g/mol. The van der Waals surface area contributed by atoms with E-state index in [0.717, 1.165) is 6.42 Å². The number of rotatable bonds is 3. The van der Waals surface area contributed by atoms with Crippen LogP contribution in [0.5, 0.6) is 0 Å². The number of benzene rings is 2. The van der Waals surface area contributed by atoms with Gasteiger partial charge in [-0.2, -0.15) is 0 Å². The Morgan fingerprint density at radius 2 is 1.57 bits per heavy atom. The van der Waals surface area contributed by atoms with Crippen LogP contribution in [0.1, 0.15) is 24.8 Å². The summed E-state index contributed by atoms with van der Waals surface area (Å²) in [6, 6.07) is 12.3. The van der Waals surface area contributed by atoms with Crippen molar-refractivity contribution in [3.8, 4) is 0 Å². The minimum atomic E-state index is -0.881. The first kappa shape index (κ1) is 13.7. The number of halogens is 2.